The number of carbonyl (C=O) groups is 3. The Kier molecular flexibility index (Phi) is 7.67. The minimum Gasteiger partial charge on any atom is -0.452 e. The molecule has 0 N–H and O–H groups in total. The minimum atomic E-state index is -0.674. The average molecular weight is 241 g/mol. The van der Waals surface area contributed by atoms with Crippen LogP contribution in [0.1, 0.15) is 27.2 Å². The molecule has 0 aliphatic rings. The normalized spacial score (nSPS) is 10.3. The number of rotatable bonds is 7. The number of hydrogen-bond donors (Lipinski definition) is 0. The average Bonchev–Trinajstić information content (AvgIpc) is 2.34. The van der Waals surface area contributed by atoms with Gasteiger partial charge in [0.1, 0.15) is 0 Å². The molecule has 5 heteroatoms. The highest BCUT2D eigenvalue weighted by Crippen LogP contribution is 1.92. The quantitative estimate of drug-likeness (QED) is 0.491. The van der Waals surface area contributed by atoms with Gasteiger partial charge in [0.2, 0.25) is 0 Å². The van der Waals surface area contributed by atoms with Gasteiger partial charge >= 0.3 is 5.97 Å². The molecule has 1 amide bonds. The molecule has 0 fully saturated rings. The van der Waals surface area contributed by atoms with E-state index in [1.165, 1.54) is 0 Å². The summed E-state index contributed by atoms with van der Waals surface area (Å²) >= 11 is 0. The number of ketones is 1. The van der Waals surface area contributed by atoms with Crippen LogP contribution >= 0.6 is 0 Å². The van der Waals surface area contributed by atoms with Crippen LogP contribution in [0, 0.1) is 0 Å². The number of allylic oxidation sites excluding steroid dienone is 1. The molecular formula is C12H19NO4. The van der Waals surface area contributed by atoms with Crippen molar-refractivity contribution in [2.75, 3.05) is 19.7 Å². The lowest BCUT2D eigenvalue weighted by Crippen LogP contribution is -2.34. The maximum Gasteiger partial charge on any atom is 0.331 e. The maximum absolute atomic E-state index is 11.5. The highest BCUT2D eigenvalue weighted by Gasteiger charge is 2.11. The molecule has 0 atom stereocenters. The van der Waals surface area contributed by atoms with Gasteiger partial charge in [-0.15, -0.1) is 0 Å². The van der Waals surface area contributed by atoms with Gasteiger partial charge in [0, 0.05) is 25.6 Å². The molecule has 0 unspecified atom stereocenters. The lowest BCUT2D eigenvalue weighted by molar-refractivity contribution is -0.148. The maximum atomic E-state index is 11.5. The van der Waals surface area contributed by atoms with E-state index in [4.69, 9.17) is 4.74 Å². The first kappa shape index (κ1) is 15.3. The first-order valence-electron chi connectivity index (χ1n) is 5.70. The number of ether oxygens (including phenoxy) is 1. The summed E-state index contributed by atoms with van der Waals surface area (Å²) in [5.41, 5.74) is 0. The molecule has 0 rings (SSSR count). The van der Waals surface area contributed by atoms with E-state index in [9.17, 15) is 14.4 Å². The zero-order valence-corrected chi connectivity index (χ0v) is 10.6. The third-order valence-corrected chi connectivity index (χ3v) is 2.21. The zero-order valence-electron chi connectivity index (χ0n) is 10.6. The summed E-state index contributed by atoms with van der Waals surface area (Å²) in [7, 11) is 0. The van der Waals surface area contributed by atoms with Crippen molar-refractivity contribution < 1.29 is 19.1 Å². The second-order valence-corrected chi connectivity index (χ2v) is 3.33. The molecule has 0 bridgehead atoms. The van der Waals surface area contributed by atoms with E-state index in [0.29, 0.717) is 19.5 Å². The summed E-state index contributed by atoms with van der Waals surface area (Å²) in [5, 5.41) is 0. The largest absolute Gasteiger partial charge is 0.452 e. The first-order valence-corrected chi connectivity index (χ1v) is 5.70. The van der Waals surface area contributed by atoms with Crippen molar-refractivity contribution >= 4 is 17.7 Å². The van der Waals surface area contributed by atoms with E-state index in [2.05, 4.69) is 0 Å². The summed E-state index contributed by atoms with van der Waals surface area (Å²) in [6.07, 6.45) is 2.54. The van der Waals surface area contributed by atoms with Crippen molar-refractivity contribution in [3.63, 3.8) is 0 Å². The lowest BCUT2D eigenvalue weighted by Gasteiger charge is -2.17. The minimum absolute atomic E-state index is 0.156. The van der Waals surface area contributed by atoms with Crippen LogP contribution in [0.3, 0.4) is 0 Å². The second kappa shape index (κ2) is 8.50. The van der Waals surface area contributed by atoms with Crippen LogP contribution in [0.2, 0.25) is 0 Å². The summed E-state index contributed by atoms with van der Waals surface area (Å²) in [4.78, 5) is 35.0. The van der Waals surface area contributed by atoms with Crippen molar-refractivity contribution in [2.24, 2.45) is 0 Å². The van der Waals surface area contributed by atoms with Gasteiger partial charge in [0.15, 0.2) is 12.4 Å². The standard InChI is InChI=1S/C12H19NO4/c1-4-10(14)7-8-12(16)17-9-11(15)13(5-2)6-3/h7-8H,4-6,9H2,1-3H3/b8-7-. The molecule has 0 heterocycles. The number of amides is 1. The third kappa shape index (κ3) is 6.50. The van der Waals surface area contributed by atoms with Crippen molar-refractivity contribution in [3.05, 3.63) is 12.2 Å². The highest BCUT2D eigenvalue weighted by atomic mass is 16.5. The molecule has 0 saturated carbocycles. The van der Waals surface area contributed by atoms with E-state index < -0.39 is 5.97 Å². The van der Waals surface area contributed by atoms with Gasteiger partial charge in [-0.3, -0.25) is 9.59 Å². The zero-order chi connectivity index (χ0) is 13.3. The number of likely N-dealkylation sites (N-methyl/N-ethyl adjacent to an activating group) is 1. The van der Waals surface area contributed by atoms with Gasteiger partial charge < -0.3 is 9.64 Å². The van der Waals surface area contributed by atoms with Crippen LogP contribution in [-0.2, 0) is 19.1 Å². The highest BCUT2D eigenvalue weighted by molar-refractivity contribution is 5.96. The Balaban J connectivity index is 4.04. The molecule has 0 aromatic rings. The molecule has 5 nitrogen and oxygen atoms in total. The van der Waals surface area contributed by atoms with E-state index in [1.54, 1.807) is 11.8 Å². The number of hydrogen-bond acceptors (Lipinski definition) is 4. The van der Waals surface area contributed by atoms with Crippen LogP contribution in [0.4, 0.5) is 0 Å². The summed E-state index contributed by atoms with van der Waals surface area (Å²) in [5.74, 6) is -1.07. The molecule has 96 valence electrons. The molecule has 17 heavy (non-hydrogen) atoms. The first-order chi connectivity index (χ1) is 8.04. The SMILES string of the molecule is CCC(=O)/C=C\C(=O)OCC(=O)N(CC)CC. The van der Waals surface area contributed by atoms with Crippen molar-refractivity contribution in [1.82, 2.24) is 4.90 Å². The molecule has 0 aliphatic carbocycles. The van der Waals surface area contributed by atoms with E-state index in [0.717, 1.165) is 12.2 Å². The van der Waals surface area contributed by atoms with Gasteiger partial charge in [-0.05, 0) is 19.9 Å². The number of carbonyl (C=O) groups excluding carboxylic acids is 3. The lowest BCUT2D eigenvalue weighted by atomic mass is 10.3. The molecule has 0 spiro atoms. The van der Waals surface area contributed by atoms with Gasteiger partial charge in [-0.25, -0.2) is 4.79 Å². The monoisotopic (exact) mass is 241 g/mol. The Bertz CT molecular complexity index is 306. The van der Waals surface area contributed by atoms with Gasteiger partial charge in [0.25, 0.3) is 5.91 Å². The predicted octanol–water partition coefficient (Wildman–Crippen LogP) is 0.933. The Hall–Kier alpha value is -1.65. The topological polar surface area (TPSA) is 63.7 Å². The van der Waals surface area contributed by atoms with Crippen molar-refractivity contribution in [2.45, 2.75) is 27.2 Å². The van der Waals surface area contributed by atoms with Crippen LogP contribution in [0.5, 0.6) is 0 Å². The Morgan fingerprint density at radius 3 is 2.12 bits per heavy atom. The number of nitrogens with zero attached hydrogens (tertiary/aromatic N) is 1. The van der Waals surface area contributed by atoms with Crippen molar-refractivity contribution in [1.29, 1.82) is 0 Å². The van der Waals surface area contributed by atoms with Crippen LogP contribution in [-0.4, -0.2) is 42.3 Å². The fourth-order valence-corrected chi connectivity index (χ4v) is 1.13. The fraction of sp³-hybridized carbons (Fsp3) is 0.583. The Labute approximate surface area is 101 Å². The predicted molar refractivity (Wildman–Crippen MR) is 63.3 cm³/mol. The van der Waals surface area contributed by atoms with Gasteiger partial charge in [0.05, 0.1) is 0 Å². The summed E-state index contributed by atoms with van der Waals surface area (Å²) < 4.78 is 4.71. The summed E-state index contributed by atoms with van der Waals surface area (Å²) in [6, 6.07) is 0. The smallest absolute Gasteiger partial charge is 0.331 e. The summed E-state index contributed by atoms with van der Waals surface area (Å²) in [6.45, 7) is 6.27. The van der Waals surface area contributed by atoms with E-state index in [-0.39, 0.29) is 18.3 Å². The van der Waals surface area contributed by atoms with E-state index >= 15 is 0 Å². The van der Waals surface area contributed by atoms with Crippen molar-refractivity contribution in [3.8, 4) is 0 Å². The molecule has 0 radical (unpaired) electrons. The number of esters is 1. The second-order valence-electron chi connectivity index (χ2n) is 3.33. The Morgan fingerprint density at radius 2 is 1.65 bits per heavy atom. The molecule has 0 aromatic carbocycles. The molecule has 0 saturated heterocycles. The Morgan fingerprint density at radius 1 is 1.06 bits per heavy atom. The van der Waals surface area contributed by atoms with Crippen LogP contribution in [0.25, 0.3) is 0 Å². The molecular weight excluding hydrogens is 222 g/mol. The van der Waals surface area contributed by atoms with Crippen LogP contribution in [0.15, 0.2) is 12.2 Å². The third-order valence-electron chi connectivity index (χ3n) is 2.21. The molecule has 0 aromatic heterocycles. The van der Waals surface area contributed by atoms with Crippen LogP contribution < -0.4 is 0 Å². The van der Waals surface area contributed by atoms with Gasteiger partial charge in [-0.1, -0.05) is 6.92 Å². The fourth-order valence-electron chi connectivity index (χ4n) is 1.13. The molecule has 0 aliphatic heterocycles. The van der Waals surface area contributed by atoms with Gasteiger partial charge in [-0.2, -0.15) is 0 Å². The van der Waals surface area contributed by atoms with E-state index in [1.807, 2.05) is 13.8 Å².